The molecule has 1 amide bonds. The molecule has 0 aliphatic heterocycles. The van der Waals surface area contributed by atoms with E-state index in [-0.39, 0.29) is 18.3 Å². The van der Waals surface area contributed by atoms with Gasteiger partial charge < -0.3 is 9.64 Å². The van der Waals surface area contributed by atoms with Gasteiger partial charge in [-0.15, -0.1) is 24.2 Å². The van der Waals surface area contributed by atoms with Gasteiger partial charge in [-0.1, -0.05) is 50.3 Å². The molecule has 0 bridgehead atoms. The molecule has 2 aromatic carbocycles. The lowest BCUT2D eigenvalue weighted by Gasteiger charge is -2.25. The zero-order chi connectivity index (χ0) is 22.2. The van der Waals surface area contributed by atoms with Gasteiger partial charge in [0.15, 0.2) is 5.13 Å². The first kappa shape index (κ1) is 26.5. The number of carbonyl (C=O) groups excluding carboxylic acids is 1. The topological polar surface area (TPSA) is 45.7 Å². The number of aromatic nitrogens is 1. The van der Waals surface area contributed by atoms with Gasteiger partial charge in [0.05, 0.1) is 16.9 Å². The lowest BCUT2D eigenvalue weighted by Crippen LogP contribution is -2.39. The molecular formula is C24H32ClN3O2S2. The fourth-order valence-electron chi connectivity index (χ4n) is 3.43. The first-order valence-electron chi connectivity index (χ1n) is 10.9. The molecule has 0 fully saturated rings. The third-order valence-electron chi connectivity index (χ3n) is 5.10. The number of ether oxygens (including phenoxy) is 1. The molecule has 0 unspecified atom stereocenters. The van der Waals surface area contributed by atoms with Gasteiger partial charge in [-0.2, -0.15) is 0 Å². The third kappa shape index (κ3) is 6.16. The maximum absolute atomic E-state index is 13.7. The van der Waals surface area contributed by atoms with Crippen LogP contribution in [0.15, 0.2) is 47.4 Å². The molecule has 3 aromatic rings. The van der Waals surface area contributed by atoms with E-state index in [4.69, 9.17) is 9.72 Å². The Morgan fingerprint density at radius 2 is 1.78 bits per heavy atom. The van der Waals surface area contributed by atoms with Gasteiger partial charge in [0.1, 0.15) is 11.3 Å². The quantitative estimate of drug-likeness (QED) is 0.297. The SMILES string of the molecule is CCOc1cccc2sc(N(CCN(CC)CC)C(=O)c3ccccc3SCC)nc12.Cl. The third-order valence-corrected chi connectivity index (χ3v) is 7.10. The number of nitrogens with zero attached hydrogens (tertiary/aromatic N) is 3. The lowest BCUT2D eigenvalue weighted by molar-refractivity contribution is 0.0981. The molecule has 5 nitrogen and oxygen atoms in total. The summed E-state index contributed by atoms with van der Waals surface area (Å²) in [4.78, 5) is 23.8. The van der Waals surface area contributed by atoms with Gasteiger partial charge in [-0.25, -0.2) is 4.98 Å². The van der Waals surface area contributed by atoms with E-state index in [0.29, 0.717) is 13.2 Å². The van der Waals surface area contributed by atoms with Crippen molar-refractivity contribution in [2.45, 2.75) is 32.6 Å². The molecule has 0 aliphatic carbocycles. The maximum atomic E-state index is 13.7. The minimum absolute atomic E-state index is 0. The van der Waals surface area contributed by atoms with E-state index in [1.807, 2.05) is 54.3 Å². The summed E-state index contributed by atoms with van der Waals surface area (Å²) in [5, 5.41) is 0.718. The molecule has 8 heteroatoms. The van der Waals surface area contributed by atoms with Crippen LogP contribution in [0.2, 0.25) is 0 Å². The molecule has 0 N–H and O–H groups in total. The van der Waals surface area contributed by atoms with Crippen LogP contribution in [0.4, 0.5) is 5.13 Å². The highest BCUT2D eigenvalue weighted by atomic mass is 35.5. The number of benzene rings is 2. The number of thioether (sulfide) groups is 1. The van der Waals surface area contributed by atoms with Gasteiger partial charge >= 0.3 is 0 Å². The molecule has 1 heterocycles. The number of anilines is 1. The van der Waals surface area contributed by atoms with Gasteiger partial charge in [0.2, 0.25) is 0 Å². The number of hydrogen-bond acceptors (Lipinski definition) is 6. The number of rotatable bonds is 11. The Bertz CT molecular complexity index is 1010. The Labute approximate surface area is 205 Å². The molecule has 0 radical (unpaired) electrons. The fraction of sp³-hybridized carbons (Fsp3) is 0.417. The van der Waals surface area contributed by atoms with Crippen molar-refractivity contribution in [3.05, 3.63) is 48.0 Å². The van der Waals surface area contributed by atoms with Gasteiger partial charge in [0.25, 0.3) is 5.91 Å². The molecule has 0 aliphatic rings. The van der Waals surface area contributed by atoms with Crippen LogP contribution in [0.5, 0.6) is 5.75 Å². The first-order chi connectivity index (χ1) is 15.1. The van der Waals surface area contributed by atoms with E-state index in [1.54, 1.807) is 23.1 Å². The van der Waals surface area contributed by atoms with E-state index in [2.05, 4.69) is 25.7 Å². The molecule has 1 aromatic heterocycles. The zero-order valence-corrected chi connectivity index (χ0v) is 21.6. The highest BCUT2D eigenvalue weighted by Crippen LogP contribution is 2.35. The molecule has 3 rings (SSSR count). The molecule has 0 atom stereocenters. The zero-order valence-electron chi connectivity index (χ0n) is 19.2. The largest absolute Gasteiger partial charge is 0.492 e. The summed E-state index contributed by atoms with van der Waals surface area (Å²) in [5.74, 6) is 1.68. The lowest BCUT2D eigenvalue weighted by atomic mass is 10.2. The van der Waals surface area contributed by atoms with Crippen molar-refractivity contribution in [2.24, 2.45) is 0 Å². The summed E-state index contributed by atoms with van der Waals surface area (Å²) in [6.45, 7) is 12.2. The number of para-hydroxylation sites is 1. The minimum Gasteiger partial charge on any atom is -0.492 e. The highest BCUT2D eigenvalue weighted by molar-refractivity contribution is 7.99. The number of halogens is 1. The van der Waals surface area contributed by atoms with Crippen molar-refractivity contribution < 1.29 is 9.53 Å². The monoisotopic (exact) mass is 493 g/mol. The second kappa shape index (κ2) is 13.0. The van der Waals surface area contributed by atoms with E-state index in [0.717, 1.165) is 56.9 Å². The summed E-state index contributed by atoms with van der Waals surface area (Å²) >= 11 is 3.24. The van der Waals surface area contributed by atoms with Crippen LogP contribution in [0.25, 0.3) is 10.2 Å². The number of likely N-dealkylation sites (N-methyl/N-ethyl adjacent to an activating group) is 1. The normalized spacial score (nSPS) is 10.9. The Balaban J connectivity index is 0.00000363. The first-order valence-corrected chi connectivity index (χ1v) is 12.7. The summed E-state index contributed by atoms with van der Waals surface area (Å²) < 4.78 is 6.80. The predicted molar refractivity (Wildman–Crippen MR) is 140 cm³/mol. The molecule has 0 saturated carbocycles. The van der Waals surface area contributed by atoms with Crippen LogP contribution in [0.3, 0.4) is 0 Å². The molecule has 32 heavy (non-hydrogen) atoms. The Kier molecular flexibility index (Phi) is 10.8. The van der Waals surface area contributed by atoms with Gasteiger partial charge in [-0.05, 0) is 50.0 Å². The molecular weight excluding hydrogens is 462 g/mol. The van der Waals surface area contributed by atoms with Crippen molar-refractivity contribution in [1.82, 2.24) is 9.88 Å². The summed E-state index contributed by atoms with van der Waals surface area (Å²) in [5.41, 5.74) is 1.55. The van der Waals surface area contributed by atoms with Crippen LogP contribution in [-0.2, 0) is 0 Å². The fourth-order valence-corrected chi connectivity index (χ4v) is 5.24. The van der Waals surface area contributed by atoms with Gasteiger partial charge in [0, 0.05) is 18.0 Å². The minimum atomic E-state index is 0. The highest BCUT2D eigenvalue weighted by Gasteiger charge is 2.24. The predicted octanol–water partition coefficient (Wildman–Crippen LogP) is 6.22. The van der Waals surface area contributed by atoms with Gasteiger partial charge in [-0.3, -0.25) is 9.69 Å². The summed E-state index contributed by atoms with van der Waals surface area (Å²) in [7, 11) is 0. The molecule has 0 spiro atoms. The Morgan fingerprint density at radius 1 is 1.03 bits per heavy atom. The Hall–Kier alpha value is -1.80. The van der Waals surface area contributed by atoms with Crippen molar-refractivity contribution in [2.75, 3.05) is 43.4 Å². The summed E-state index contributed by atoms with van der Waals surface area (Å²) in [6, 6.07) is 13.8. The maximum Gasteiger partial charge on any atom is 0.261 e. The van der Waals surface area contributed by atoms with Crippen LogP contribution in [-0.4, -0.2) is 54.3 Å². The average molecular weight is 494 g/mol. The average Bonchev–Trinajstić information content (AvgIpc) is 3.22. The number of hydrogen-bond donors (Lipinski definition) is 0. The second-order valence-electron chi connectivity index (χ2n) is 6.95. The van der Waals surface area contributed by atoms with Crippen LogP contribution < -0.4 is 9.64 Å². The molecule has 0 saturated heterocycles. The van der Waals surface area contributed by atoms with E-state index < -0.39 is 0 Å². The standard InChI is InChI=1S/C24H31N3O2S2.ClH/c1-5-26(6-2)16-17-27(23(28)18-12-9-10-14-20(18)30-8-4)24-25-22-19(29-7-3)13-11-15-21(22)31-24;/h9-15H,5-8,16-17H2,1-4H3;1H. The van der Waals surface area contributed by atoms with Crippen LogP contribution in [0, 0.1) is 0 Å². The van der Waals surface area contributed by atoms with Crippen LogP contribution in [0.1, 0.15) is 38.1 Å². The summed E-state index contributed by atoms with van der Waals surface area (Å²) in [6.07, 6.45) is 0. The molecule has 174 valence electrons. The van der Waals surface area contributed by atoms with Crippen molar-refractivity contribution in [3.8, 4) is 5.75 Å². The van der Waals surface area contributed by atoms with Crippen LogP contribution >= 0.6 is 35.5 Å². The van der Waals surface area contributed by atoms with E-state index in [1.165, 1.54) is 0 Å². The van der Waals surface area contributed by atoms with E-state index >= 15 is 0 Å². The number of amides is 1. The number of thiazole rings is 1. The number of fused-ring (bicyclic) bond motifs is 1. The van der Waals surface area contributed by atoms with Crippen molar-refractivity contribution in [3.63, 3.8) is 0 Å². The van der Waals surface area contributed by atoms with Crippen molar-refractivity contribution >= 4 is 56.8 Å². The van der Waals surface area contributed by atoms with Crippen molar-refractivity contribution in [1.29, 1.82) is 0 Å². The second-order valence-corrected chi connectivity index (χ2v) is 9.26. The van der Waals surface area contributed by atoms with E-state index in [9.17, 15) is 4.79 Å². The Morgan fingerprint density at radius 3 is 2.47 bits per heavy atom. The number of carbonyl (C=O) groups is 1. The smallest absolute Gasteiger partial charge is 0.261 e.